The van der Waals surface area contributed by atoms with Crippen molar-refractivity contribution < 1.29 is 17.9 Å². The van der Waals surface area contributed by atoms with Gasteiger partial charge in [0, 0.05) is 19.0 Å². The molecule has 1 atom stereocenters. The molecule has 1 aliphatic heterocycles. The monoisotopic (exact) mass is 314 g/mol. The van der Waals surface area contributed by atoms with E-state index in [4.69, 9.17) is 9.47 Å². The van der Waals surface area contributed by atoms with Gasteiger partial charge >= 0.3 is 0 Å². The zero-order valence-electron chi connectivity index (χ0n) is 12.4. The lowest BCUT2D eigenvalue weighted by Crippen LogP contribution is -2.34. The lowest BCUT2D eigenvalue weighted by molar-refractivity contribution is 0.297. The minimum absolute atomic E-state index is 0.413. The molecule has 118 valence electrons. The summed E-state index contributed by atoms with van der Waals surface area (Å²) in [4.78, 5) is 0. The molecule has 21 heavy (non-hydrogen) atoms. The van der Waals surface area contributed by atoms with Crippen LogP contribution in [0.5, 0.6) is 11.5 Å². The highest BCUT2D eigenvalue weighted by Crippen LogP contribution is 2.32. The van der Waals surface area contributed by atoms with Crippen molar-refractivity contribution in [2.45, 2.75) is 25.5 Å². The van der Waals surface area contributed by atoms with Crippen LogP contribution in [0.15, 0.2) is 18.2 Å². The van der Waals surface area contributed by atoms with Crippen molar-refractivity contribution in [3.05, 3.63) is 18.2 Å². The number of ether oxygens (including phenoxy) is 2. The molecular weight excluding hydrogens is 292 g/mol. The number of hydrogen-bond donors (Lipinski definition) is 2. The van der Waals surface area contributed by atoms with Gasteiger partial charge in [-0.15, -0.1) is 0 Å². The normalized spacial score (nSPS) is 16.1. The highest BCUT2D eigenvalue weighted by Gasteiger charge is 2.21. The Bertz CT molecular complexity index is 574. The van der Waals surface area contributed by atoms with Crippen LogP contribution in [-0.2, 0) is 10.0 Å². The van der Waals surface area contributed by atoms with Gasteiger partial charge in [-0.1, -0.05) is 6.92 Å². The molecule has 0 aliphatic carbocycles. The summed E-state index contributed by atoms with van der Waals surface area (Å²) >= 11 is 0. The van der Waals surface area contributed by atoms with Crippen LogP contribution in [-0.4, -0.2) is 40.0 Å². The molecule has 1 aliphatic rings. The number of hydrogen-bond acceptors (Lipinski definition) is 5. The number of rotatable bonds is 6. The smallest absolute Gasteiger partial charge is 0.236 e. The van der Waals surface area contributed by atoms with E-state index in [1.54, 1.807) is 25.1 Å². The van der Waals surface area contributed by atoms with Crippen LogP contribution in [0.25, 0.3) is 0 Å². The van der Waals surface area contributed by atoms with Crippen LogP contribution in [0.3, 0.4) is 0 Å². The van der Waals surface area contributed by atoms with Crippen molar-refractivity contribution in [1.29, 1.82) is 0 Å². The number of sulfonamides is 1. The molecule has 1 heterocycles. The Balaban J connectivity index is 2.10. The maximum absolute atomic E-state index is 12.2. The van der Waals surface area contributed by atoms with E-state index >= 15 is 0 Å². The molecule has 0 bridgehead atoms. The molecule has 0 radical (unpaired) electrons. The first-order valence-corrected chi connectivity index (χ1v) is 8.69. The predicted molar refractivity (Wildman–Crippen MR) is 82.6 cm³/mol. The average Bonchev–Trinajstić information content (AvgIpc) is 2.69. The van der Waals surface area contributed by atoms with Crippen LogP contribution in [0, 0.1) is 0 Å². The van der Waals surface area contributed by atoms with Gasteiger partial charge < -0.3 is 14.8 Å². The molecule has 0 saturated heterocycles. The fraction of sp³-hybridized carbons (Fsp3) is 0.571. The first-order chi connectivity index (χ1) is 10.0. The maximum atomic E-state index is 12.2. The van der Waals surface area contributed by atoms with Crippen LogP contribution in [0.1, 0.15) is 20.3 Å². The van der Waals surface area contributed by atoms with Crippen molar-refractivity contribution in [2.24, 2.45) is 0 Å². The van der Waals surface area contributed by atoms with Gasteiger partial charge in [-0.25, -0.2) is 8.42 Å². The largest absolute Gasteiger partial charge is 0.490 e. The second-order valence-electron chi connectivity index (χ2n) is 4.98. The second kappa shape index (κ2) is 7.00. The molecular formula is C14H22N2O4S. The summed E-state index contributed by atoms with van der Waals surface area (Å²) in [6.07, 6.45) is 0.815. The summed E-state index contributed by atoms with van der Waals surface area (Å²) in [7, 11) is -3.43. The van der Waals surface area contributed by atoms with Crippen LogP contribution in [0.2, 0.25) is 0 Å². The molecule has 0 saturated carbocycles. The lowest BCUT2D eigenvalue weighted by Gasteiger charge is -2.16. The van der Waals surface area contributed by atoms with Gasteiger partial charge in [0.25, 0.3) is 0 Å². The van der Waals surface area contributed by atoms with Crippen LogP contribution in [0.4, 0.5) is 5.69 Å². The third kappa shape index (κ3) is 4.25. The second-order valence-corrected chi connectivity index (χ2v) is 7.08. The van der Waals surface area contributed by atoms with E-state index in [9.17, 15) is 8.42 Å². The Kier molecular flexibility index (Phi) is 5.30. The van der Waals surface area contributed by atoms with Crippen molar-refractivity contribution in [1.82, 2.24) is 5.32 Å². The standard InChI is InChI=1S/C14H22N2O4S/c1-3-15-10-11(2)21(17,18)16-12-5-6-13-14(9-12)20-8-4-7-19-13/h5-6,9,11,15-16H,3-4,7-8,10H2,1-2H3. The summed E-state index contributed by atoms with van der Waals surface area (Å²) in [6, 6.07) is 5.08. The number of nitrogens with one attached hydrogen (secondary N) is 2. The van der Waals surface area contributed by atoms with E-state index < -0.39 is 15.3 Å². The van der Waals surface area contributed by atoms with Gasteiger partial charge in [0.2, 0.25) is 10.0 Å². The van der Waals surface area contributed by atoms with Gasteiger partial charge in [0.05, 0.1) is 24.2 Å². The molecule has 0 aromatic heterocycles. The Morgan fingerprint density at radius 1 is 1.24 bits per heavy atom. The predicted octanol–water partition coefficient (Wildman–Crippen LogP) is 1.59. The van der Waals surface area contributed by atoms with Crippen molar-refractivity contribution in [3.8, 4) is 11.5 Å². The molecule has 0 fully saturated rings. The van der Waals surface area contributed by atoms with Gasteiger partial charge in [-0.05, 0) is 25.6 Å². The molecule has 2 rings (SSSR count). The Labute approximate surface area is 125 Å². The fourth-order valence-electron chi connectivity index (χ4n) is 1.95. The van der Waals surface area contributed by atoms with Crippen molar-refractivity contribution >= 4 is 15.7 Å². The molecule has 0 amide bonds. The Morgan fingerprint density at radius 2 is 1.95 bits per heavy atom. The number of fused-ring (bicyclic) bond motifs is 1. The van der Waals surface area contributed by atoms with Gasteiger partial charge in [0.15, 0.2) is 11.5 Å². The first-order valence-electron chi connectivity index (χ1n) is 7.15. The van der Waals surface area contributed by atoms with E-state index in [2.05, 4.69) is 10.0 Å². The van der Waals surface area contributed by atoms with Crippen molar-refractivity contribution in [2.75, 3.05) is 31.0 Å². The van der Waals surface area contributed by atoms with Crippen molar-refractivity contribution in [3.63, 3.8) is 0 Å². The summed E-state index contributed by atoms with van der Waals surface area (Å²) < 4.78 is 38.1. The minimum Gasteiger partial charge on any atom is -0.490 e. The fourth-order valence-corrected chi connectivity index (χ4v) is 2.94. The highest BCUT2D eigenvalue weighted by molar-refractivity contribution is 7.93. The summed E-state index contributed by atoms with van der Waals surface area (Å²) in [5, 5.41) is 2.51. The molecule has 6 nitrogen and oxygen atoms in total. The third-order valence-corrected chi connectivity index (χ3v) is 4.97. The molecule has 1 aromatic carbocycles. The van der Waals surface area contributed by atoms with Crippen LogP contribution >= 0.6 is 0 Å². The molecule has 1 unspecified atom stereocenters. The zero-order chi connectivity index (χ0) is 15.3. The summed E-state index contributed by atoms with van der Waals surface area (Å²) in [5.74, 6) is 1.23. The molecule has 2 N–H and O–H groups in total. The number of benzene rings is 1. The quantitative estimate of drug-likeness (QED) is 0.834. The number of anilines is 1. The first kappa shape index (κ1) is 15.9. The van der Waals surface area contributed by atoms with Gasteiger partial charge in [-0.3, -0.25) is 4.72 Å². The topological polar surface area (TPSA) is 76.7 Å². The zero-order valence-corrected chi connectivity index (χ0v) is 13.2. The van der Waals surface area contributed by atoms with E-state index in [1.165, 1.54) is 0 Å². The Morgan fingerprint density at radius 3 is 2.67 bits per heavy atom. The Hall–Kier alpha value is -1.47. The van der Waals surface area contributed by atoms with E-state index in [0.717, 1.165) is 13.0 Å². The minimum atomic E-state index is -3.43. The van der Waals surface area contributed by atoms with Gasteiger partial charge in [0.1, 0.15) is 0 Å². The average molecular weight is 314 g/mol. The summed E-state index contributed by atoms with van der Waals surface area (Å²) in [6.45, 7) is 5.95. The molecule has 1 aromatic rings. The van der Waals surface area contributed by atoms with E-state index in [1.807, 2.05) is 6.92 Å². The SMILES string of the molecule is CCNCC(C)S(=O)(=O)Nc1ccc2c(c1)OCCCO2. The third-order valence-electron chi connectivity index (χ3n) is 3.22. The molecule has 7 heteroatoms. The summed E-state index contributed by atoms with van der Waals surface area (Å²) in [5.41, 5.74) is 0.489. The van der Waals surface area contributed by atoms with E-state index in [-0.39, 0.29) is 0 Å². The van der Waals surface area contributed by atoms with Crippen LogP contribution < -0.4 is 19.5 Å². The maximum Gasteiger partial charge on any atom is 0.236 e. The lowest BCUT2D eigenvalue weighted by atomic mass is 10.3. The molecule has 0 spiro atoms. The van der Waals surface area contributed by atoms with Gasteiger partial charge in [-0.2, -0.15) is 0 Å². The highest BCUT2D eigenvalue weighted by atomic mass is 32.2. The van der Waals surface area contributed by atoms with E-state index in [0.29, 0.717) is 36.9 Å².